The molecule has 5 nitrogen and oxygen atoms in total. The highest BCUT2D eigenvalue weighted by atomic mass is 79.9. The van der Waals surface area contributed by atoms with Crippen LogP contribution in [0.25, 0.3) is 0 Å². The van der Waals surface area contributed by atoms with Crippen LogP contribution in [0.5, 0.6) is 0 Å². The van der Waals surface area contributed by atoms with Gasteiger partial charge in [0, 0.05) is 36.8 Å². The van der Waals surface area contributed by atoms with Gasteiger partial charge in [0.15, 0.2) is 0 Å². The van der Waals surface area contributed by atoms with Crippen molar-refractivity contribution in [1.29, 1.82) is 0 Å². The summed E-state index contributed by atoms with van der Waals surface area (Å²) in [5.41, 5.74) is 1.92. The number of benzene rings is 2. The third-order valence-electron chi connectivity index (χ3n) is 4.37. The quantitative estimate of drug-likeness (QED) is 0.618. The average Bonchev–Trinajstić information content (AvgIpc) is 2.61. The molecule has 27 heavy (non-hydrogen) atoms. The number of anilines is 1. The molecule has 0 aliphatic carbocycles. The van der Waals surface area contributed by atoms with E-state index in [-0.39, 0.29) is 21.5 Å². The molecule has 3 rings (SSSR count). The summed E-state index contributed by atoms with van der Waals surface area (Å²) in [7, 11) is -2.33. The molecule has 0 radical (unpaired) electrons. The molecule has 1 saturated heterocycles. The maximum atomic E-state index is 13.1. The third kappa shape index (κ3) is 4.60. The van der Waals surface area contributed by atoms with Gasteiger partial charge in [-0.3, -0.25) is 0 Å². The lowest BCUT2D eigenvalue weighted by Crippen LogP contribution is -2.37. The predicted octanol–water partition coefficient (Wildman–Crippen LogP) is 4.41. The van der Waals surface area contributed by atoms with Crippen LogP contribution in [0.3, 0.4) is 0 Å². The van der Waals surface area contributed by atoms with Gasteiger partial charge < -0.3 is 9.64 Å². The number of halogens is 3. The topological polar surface area (TPSA) is 49.9 Å². The number of rotatable bonds is 5. The molecule has 1 heterocycles. The van der Waals surface area contributed by atoms with Crippen molar-refractivity contribution in [2.45, 2.75) is 11.4 Å². The first-order chi connectivity index (χ1) is 12.8. The molecule has 0 spiro atoms. The van der Waals surface area contributed by atoms with Crippen LogP contribution in [0.1, 0.15) is 5.56 Å². The zero-order chi connectivity index (χ0) is 19.6. The fourth-order valence-electron chi connectivity index (χ4n) is 3.01. The molecular formula is C18H19BrCl2N2O3S. The van der Waals surface area contributed by atoms with Gasteiger partial charge in [0.05, 0.1) is 23.3 Å². The first-order valence-corrected chi connectivity index (χ1v) is 11.3. The molecule has 146 valence electrons. The van der Waals surface area contributed by atoms with Gasteiger partial charge in [0.2, 0.25) is 10.0 Å². The molecule has 0 bridgehead atoms. The summed E-state index contributed by atoms with van der Waals surface area (Å²) in [6.45, 7) is 3.08. The number of nitrogens with zero attached hydrogens (tertiary/aromatic N) is 2. The van der Waals surface area contributed by atoms with Crippen molar-refractivity contribution in [3.63, 3.8) is 0 Å². The molecule has 1 aliphatic rings. The monoisotopic (exact) mass is 492 g/mol. The van der Waals surface area contributed by atoms with E-state index in [0.29, 0.717) is 17.7 Å². The Morgan fingerprint density at radius 3 is 2.37 bits per heavy atom. The molecular weight excluding hydrogens is 475 g/mol. The van der Waals surface area contributed by atoms with Gasteiger partial charge >= 0.3 is 0 Å². The second-order valence-corrected chi connectivity index (χ2v) is 9.90. The van der Waals surface area contributed by atoms with E-state index >= 15 is 0 Å². The fourth-order valence-corrected chi connectivity index (χ4v) is 6.04. The van der Waals surface area contributed by atoms with E-state index in [4.69, 9.17) is 27.9 Å². The lowest BCUT2D eigenvalue weighted by molar-refractivity contribution is 0.122. The van der Waals surface area contributed by atoms with Crippen molar-refractivity contribution in [1.82, 2.24) is 4.31 Å². The Morgan fingerprint density at radius 2 is 1.74 bits per heavy atom. The standard InChI is InChI=1S/C18H19BrCl2N2O3S/c1-22(27(24,25)18-15(20)10-14(19)11-16(18)21)12-13-4-2-3-5-17(13)23-6-8-26-9-7-23/h2-5,10-11H,6-9,12H2,1H3. The zero-order valence-electron chi connectivity index (χ0n) is 14.7. The Labute approximate surface area is 178 Å². The molecule has 1 aliphatic heterocycles. The molecule has 2 aromatic rings. The van der Waals surface area contributed by atoms with Gasteiger partial charge in [0.25, 0.3) is 0 Å². The molecule has 0 atom stereocenters. The number of hydrogen-bond acceptors (Lipinski definition) is 4. The summed E-state index contributed by atoms with van der Waals surface area (Å²) in [5.74, 6) is 0. The van der Waals surface area contributed by atoms with Crippen LogP contribution >= 0.6 is 39.1 Å². The zero-order valence-corrected chi connectivity index (χ0v) is 18.6. The minimum atomic E-state index is -3.86. The largest absolute Gasteiger partial charge is 0.378 e. The second kappa shape index (κ2) is 8.68. The molecule has 9 heteroatoms. The first-order valence-electron chi connectivity index (χ1n) is 8.32. The van der Waals surface area contributed by atoms with E-state index < -0.39 is 10.0 Å². The van der Waals surface area contributed by atoms with E-state index in [9.17, 15) is 8.42 Å². The number of para-hydroxylation sites is 1. The Bertz CT molecular complexity index is 911. The molecule has 0 unspecified atom stereocenters. The smallest absolute Gasteiger partial charge is 0.246 e. The Morgan fingerprint density at radius 1 is 1.15 bits per heavy atom. The molecule has 1 fully saturated rings. The van der Waals surface area contributed by atoms with E-state index in [0.717, 1.165) is 24.3 Å². The van der Waals surface area contributed by atoms with E-state index in [1.54, 1.807) is 0 Å². The van der Waals surface area contributed by atoms with Crippen molar-refractivity contribution < 1.29 is 13.2 Å². The van der Waals surface area contributed by atoms with Crippen LogP contribution in [0.4, 0.5) is 5.69 Å². The van der Waals surface area contributed by atoms with Gasteiger partial charge in [-0.2, -0.15) is 4.31 Å². The van der Waals surface area contributed by atoms with Crippen molar-refractivity contribution in [3.05, 3.63) is 56.5 Å². The van der Waals surface area contributed by atoms with Gasteiger partial charge in [-0.25, -0.2) is 8.42 Å². The minimum absolute atomic E-state index is 0.0830. The normalized spacial score (nSPS) is 15.4. The van der Waals surface area contributed by atoms with E-state index in [2.05, 4.69) is 20.8 Å². The van der Waals surface area contributed by atoms with Crippen LogP contribution in [-0.2, 0) is 21.3 Å². The van der Waals surface area contributed by atoms with Crippen molar-refractivity contribution in [3.8, 4) is 0 Å². The third-order valence-corrected chi connectivity index (χ3v) is 7.55. The summed E-state index contributed by atoms with van der Waals surface area (Å²) in [4.78, 5) is 2.12. The highest BCUT2D eigenvalue weighted by molar-refractivity contribution is 9.10. The predicted molar refractivity (Wildman–Crippen MR) is 112 cm³/mol. The first kappa shape index (κ1) is 20.9. The van der Waals surface area contributed by atoms with Crippen LogP contribution in [0.2, 0.25) is 10.0 Å². The number of hydrogen-bond donors (Lipinski definition) is 0. The van der Waals surface area contributed by atoms with Gasteiger partial charge in [-0.05, 0) is 23.8 Å². The Hall–Kier alpha value is -0.830. The molecule has 2 aromatic carbocycles. The minimum Gasteiger partial charge on any atom is -0.378 e. The van der Waals surface area contributed by atoms with Crippen LogP contribution in [0, 0.1) is 0 Å². The second-order valence-electron chi connectivity index (χ2n) is 6.19. The summed E-state index contributed by atoms with van der Waals surface area (Å²) in [6.07, 6.45) is 0. The Kier molecular flexibility index (Phi) is 6.71. The molecule has 0 aromatic heterocycles. The fraction of sp³-hybridized carbons (Fsp3) is 0.333. The lowest BCUT2D eigenvalue weighted by Gasteiger charge is -2.31. The van der Waals surface area contributed by atoms with Crippen molar-refractivity contribution >= 4 is 54.8 Å². The molecule has 0 saturated carbocycles. The van der Waals surface area contributed by atoms with Gasteiger partial charge in [-0.1, -0.05) is 57.3 Å². The number of morpholine rings is 1. The van der Waals surface area contributed by atoms with Crippen LogP contribution in [-0.4, -0.2) is 46.1 Å². The van der Waals surface area contributed by atoms with Crippen LogP contribution in [0.15, 0.2) is 45.8 Å². The van der Waals surface area contributed by atoms with Crippen LogP contribution < -0.4 is 4.90 Å². The summed E-state index contributed by atoms with van der Waals surface area (Å²) < 4.78 is 33.5. The Balaban J connectivity index is 1.91. The van der Waals surface area contributed by atoms with E-state index in [1.165, 1.54) is 23.5 Å². The van der Waals surface area contributed by atoms with Gasteiger partial charge in [-0.15, -0.1) is 0 Å². The highest BCUT2D eigenvalue weighted by Gasteiger charge is 2.28. The number of ether oxygens (including phenoxy) is 1. The van der Waals surface area contributed by atoms with Gasteiger partial charge in [0.1, 0.15) is 4.90 Å². The summed E-state index contributed by atoms with van der Waals surface area (Å²) >= 11 is 15.6. The maximum absolute atomic E-state index is 13.1. The SMILES string of the molecule is CN(Cc1ccccc1N1CCOCC1)S(=O)(=O)c1c(Cl)cc(Br)cc1Cl. The summed E-state index contributed by atoms with van der Waals surface area (Å²) in [6, 6.07) is 10.8. The maximum Gasteiger partial charge on any atom is 0.246 e. The van der Waals surface area contributed by atoms with E-state index in [1.807, 2.05) is 24.3 Å². The average molecular weight is 494 g/mol. The van der Waals surface area contributed by atoms with Crippen molar-refractivity contribution in [2.75, 3.05) is 38.3 Å². The molecule has 0 amide bonds. The lowest BCUT2D eigenvalue weighted by atomic mass is 10.1. The van der Waals surface area contributed by atoms with Crippen molar-refractivity contribution in [2.24, 2.45) is 0 Å². The summed E-state index contributed by atoms with van der Waals surface area (Å²) in [5, 5.41) is 0.172. The highest BCUT2D eigenvalue weighted by Crippen LogP contribution is 2.35. The molecule has 0 N–H and O–H groups in total. The number of sulfonamides is 1.